The first-order chi connectivity index (χ1) is 11.2. The Bertz CT molecular complexity index is 697. The lowest BCUT2D eigenvalue weighted by Crippen LogP contribution is -2.40. The van der Waals surface area contributed by atoms with E-state index in [1.165, 1.54) is 0 Å². The highest BCUT2D eigenvalue weighted by Crippen LogP contribution is 2.25. The Morgan fingerprint density at radius 1 is 1.35 bits per heavy atom. The molecule has 1 fully saturated rings. The number of para-hydroxylation sites is 1. The largest absolute Gasteiger partial charge is 0.381 e. The minimum Gasteiger partial charge on any atom is -0.381 e. The number of nitrogens with zero attached hydrogens (tertiary/aromatic N) is 4. The molecule has 1 saturated heterocycles. The van der Waals surface area contributed by atoms with Crippen LogP contribution in [0.1, 0.15) is 43.1 Å². The number of rotatable bonds is 4. The van der Waals surface area contributed by atoms with Gasteiger partial charge in [-0.3, -0.25) is 4.90 Å². The minimum absolute atomic E-state index is 0.166. The van der Waals surface area contributed by atoms with Crippen molar-refractivity contribution in [2.75, 3.05) is 18.4 Å². The van der Waals surface area contributed by atoms with Gasteiger partial charge in [-0.2, -0.15) is 10.2 Å². The monoisotopic (exact) mass is 311 g/mol. The first kappa shape index (κ1) is 15.5. The lowest BCUT2D eigenvalue weighted by atomic mass is 10.0. The van der Waals surface area contributed by atoms with Crippen molar-refractivity contribution >= 4 is 5.69 Å². The molecule has 1 aliphatic heterocycles. The summed E-state index contributed by atoms with van der Waals surface area (Å²) in [5.41, 5.74) is 1.63. The van der Waals surface area contributed by atoms with Gasteiger partial charge in [-0.15, -0.1) is 0 Å². The maximum Gasteiger partial charge on any atom is 0.223 e. The summed E-state index contributed by atoms with van der Waals surface area (Å²) in [5, 5.41) is 16.7. The van der Waals surface area contributed by atoms with Crippen LogP contribution in [0.25, 0.3) is 0 Å². The first-order valence-electron chi connectivity index (χ1n) is 7.97. The molecule has 0 amide bonds. The minimum atomic E-state index is 0.166. The molecule has 1 aromatic carbocycles. The molecule has 1 atom stereocenters. The van der Waals surface area contributed by atoms with E-state index < -0.39 is 0 Å². The van der Waals surface area contributed by atoms with Gasteiger partial charge in [-0.25, -0.2) is 0 Å². The normalized spacial score (nSPS) is 17.6. The number of benzene rings is 1. The number of nitrogens with one attached hydrogen (secondary N) is 1. The topological polar surface area (TPSA) is 78.0 Å². The highest BCUT2D eigenvalue weighted by atomic mass is 16.5. The van der Waals surface area contributed by atoms with Crippen LogP contribution < -0.4 is 5.32 Å². The van der Waals surface area contributed by atoms with E-state index in [1.807, 2.05) is 31.2 Å². The van der Waals surface area contributed by atoms with Crippen molar-refractivity contribution in [1.82, 2.24) is 15.0 Å². The fourth-order valence-electron chi connectivity index (χ4n) is 3.01. The van der Waals surface area contributed by atoms with Crippen LogP contribution in [-0.2, 0) is 0 Å². The van der Waals surface area contributed by atoms with E-state index in [0.29, 0.717) is 17.5 Å². The fourth-order valence-corrected chi connectivity index (χ4v) is 3.01. The van der Waals surface area contributed by atoms with E-state index >= 15 is 0 Å². The van der Waals surface area contributed by atoms with Gasteiger partial charge in [0.25, 0.3) is 0 Å². The Hall–Kier alpha value is -2.39. The lowest BCUT2D eigenvalue weighted by Gasteiger charge is -2.35. The SMILES string of the molecule is Cc1nc(C(C)N2CCC(Nc3ccccc3C#N)CC2)no1. The molecule has 23 heavy (non-hydrogen) atoms. The third-order valence-corrected chi connectivity index (χ3v) is 4.40. The Kier molecular flexibility index (Phi) is 4.58. The molecule has 0 saturated carbocycles. The summed E-state index contributed by atoms with van der Waals surface area (Å²) in [6.07, 6.45) is 2.06. The van der Waals surface area contributed by atoms with Gasteiger partial charge in [0.15, 0.2) is 5.82 Å². The Morgan fingerprint density at radius 2 is 2.09 bits per heavy atom. The van der Waals surface area contributed by atoms with Crippen molar-refractivity contribution in [2.45, 2.75) is 38.8 Å². The number of anilines is 1. The summed E-state index contributed by atoms with van der Waals surface area (Å²) in [5.74, 6) is 1.36. The lowest BCUT2D eigenvalue weighted by molar-refractivity contribution is 0.159. The van der Waals surface area contributed by atoms with E-state index in [9.17, 15) is 0 Å². The summed E-state index contributed by atoms with van der Waals surface area (Å²) in [7, 11) is 0. The highest BCUT2D eigenvalue weighted by Gasteiger charge is 2.26. The van der Waals surface area contributed by atoms with E-state index in [2.05, 4.69) is 33.4 Å². The molecule has 2 heterocycles. The first-order valence-corrected chi connectivity index (χ1v) is 7.97. The van der Waals surface area contributed by atoms with Crippen LogP contribution in [-0.4, -0.2) is 34.2 Å². The summed E-state index contributed by atoms with van der Waals surface area (Å²) in [4.78, 5) is 6.70. The molecule has 0 spiro atoms. The van der Waals surface area contributed by atoms with Crippen LogP contribution in [0, 0.1) is 18.3 Å². The number of nitriles is 1. The highest BCUT2D eigenvalue weighted by molar-refractivity contribution is 5.57. The predicted octanol–water partition coefficient (Wildman–Crippen LogP) is 2.89. The van der Waals surface area contributed by atoms with Crippen LogP contribution in [0.15, 0.2) is 28.8 Å². The summed E-state index contributed by atoms with van der Waals surface area (Å²) in [6, 6.07) is 10.5. The van der Waals surface area contributed by atoms with Crippen molar-refractivity contribution in [3.8, 4) is 6.07 Å². The molecule has 3 rings (SSSR count). The smallest absolute Gasteiger partial charge is 0.223 e. The van der Waals surface area contributed by atoms with E-state index in [-0.39, 0.29) is 6.04 Å². The number of aryl methyl sites for hydroxylation is 1. The van der Waals surface area contributed by atoms with Crippen molar-refractivity contribution in [2.24, 2.45) is 0 Å². The zero-order valence-electron chi connectivity index (χ0n) is 13.5. The van der Waals surface area contributed by atoms with Gasteiger partial charge in [0.2, 0.25) is 5.89 Å². The second-order valence-corrected chi connectivity index (χ2v) is 5.96. The second-order valence-electron chi connectivity index (χ2n) is 5.96. The zero-order chi connectivity index (χ0) is 16.2. The van der Waals surface area contributed by atoms with Gasteiger partial charge in [0, 0.05) is 26.1 Å². The van der Waals surface area contributed by atoms with E-state index in [0.717, 1.165) is 37.4 Å². The summed E-state index contributed by atoms with van der Waals surface area (Å²) < 4.78 is 5.07. The van der Waals surface area contributed by atoms with Crippen molar-refractivity contribution in [3.05, 3.63) is 41.5 Å². The van der Waals surface area contributed by atoms with Gasteiger partial charge in [-0.05, 0) is 31.9 Å². The quantitative estimate of drug-likeness (QED) is 0.935. The van der Waals surface area contributed by atoms with Gasteiger partial charge >= 0.3 is 0 Å². The molecule has 0 aliphatic carbocycles. The average Bonchev–Trinajstić information content (AvgIpc) is 3.02. The van der Waals surface area contributed by atoms with Gasteiger partial charge in [0.1, 0.15) is 6.07 Å². The van der Waals surface area contributed by atoms with Gasteiger partial charge in [0.05, 0.1) is 17.3 Å². The number of hydrogen-bond acceptors (Lipinski definition) is 6. The Morgan fingerprint density at radius 3 is 2.74 bits per heavy atom. The van der Waals surface area contributed by atoms with Crippen molar-refractivity contribution in [1.29, 1.82) is 5.26 Å². The number of hydrogen-bond donors (Lipinski definition) is 1. The third kappa shape index (κ3) is 3.51. The van der Waals surface area contributed by atoms with E-state index in [4.69, 9.17) is 9.78 Å². The van der Waals surface area contributed by atoms with Crippen molar-refractivity contribution in [3.63, 3.8) is 0 Å². The van der Waals surface area contributed by atoms with E-state index in [1.54, 1.807) is 0 Å². The fraction of sp³-hybridized carbons (Fsp3) is 0.471. The second kappa shape index (κ2) is 6.80. The average molecular weight is 311 g/mol. The molecule has 6 heteroatoms. The van der Waals surface area contributed by atoms with Crippen LogP contribution in [0.3, 0.4) is 0 Å². The van der Waals surface area contributed by atoms with Gasteiger partial charge < -0.3 is 9.84 Å². The molecule has 1 aliphatic rings. The molecular weight excluding hydrogens is 290 g/mol. The molecule has 120 valence electrons. The molecule has 1 N–H and O–H groups in total. The van der Waals surface area contributed by atoms with Crippen LogP contribution >= 0.6 is 0 Å². The summed E-state index contributed by atoms with van der Waals surface area (Å²) >= 11 is 0. The number of aromatic nitrogens is 2. The molecule has 1 unspecified atom stereocenters. The van der Waals surface area contributed by atoms with Crippen LogP contribution in [0.4, 0.5) is 5.69 Å². The molecule has 0 radical (unpaired) electrons. The number of piperidine rings is 1. The third-order valence-electron chi connectivity index (χ3n) is 4.40. The van der Waals surface area contributed by atoms with Crippen LogP contribution in [0.2, 0.25) is 0 Å². The molecule has 0 bridgehead atoms. The predicted molar refractivity (Wildman–Crippen MR) is 86.8 cm³/mol. The molecule has 6 nitrogen and oxygen atoms in total. The summed E-state index contributed by atoms with van der Waals surface area (Å²) in [6.45, 7) is 5.87. The molecular formula is C17H21N5O. The Balaban J connectivity index is 1.57. The van der Waals surface area contributed by atoms with Crippen LogP contribution in [0.5, 0.6) is 0 Å². The molecule has 2 aromatic rings. The maximum absolute atomic E-state index is 9.17. The zero-order valence-corrected chi connectivity index (χ0v) is 13.5. The molecule has 1 aromatic heterocycles. The maximum atomic E-state index is 9.17. The Labute approximate surface area is 136 Å². The van der Waals surface area contributed by atoms with Gasteiger partial charge in [-0.1, -0.05) is 17.3 Å². The standard InChI is InChI=1S/C17H21N5O/c1-12(17-19-13(2)23-21-17)22-9-7-15(8-10-22)20-16-6-4-3-5-14(16)11-18/h3-6,12,15,20H,7-10H2,1-2H3. The number of likely N-dealkylation sites (tertiary alicyclic amines) is 1. The van der Waals surface area contributed by atoms with Crippen molar-refractivity contribution < 1.29 is 4.52 Å².